The van der Waals surface area contributed by atoms with E-state index in [-0.39, 0.29) is 22.9 Å². The van der Waals surface area contributed by atoms with Gasteiger partial charge in [-0.25, -0.2) is 0 Å². The molecule has 1 aliphatic heterocycles. The summed E-state index contributed by atoms with van der Waals surface area (Å²) in [4.78, 5) is 14.9. The second-order valence-corrected chi connectivity index (χ2v) is 7.43. The number of carbonyl (C=O) groups is 1. The van der Waals surface area contributed by atoms with Gasteiger partial charge >= 0.3 is 0 Å². The van der Waals surface area contributed by atoms with E-state index in [2.05, 4.69) is 24.1 Å². The highest BCUT2D eigenvalue weighted by Crippen LogP contribution is 2.31. The molecule has 2 unspecified atom stereocenters. The smallest absolute Gasteiger partial charge is 0.225 e. The van der Waals surface area contributed by atoms with E-state index < -0.39 is 0 Å². The van der Waals surface area contributed by atoms with Crippen LogP contribution in [-0.4, -0.2) is 54.7 Å². The number of ether oxygens (including phenoxy) is 1. The quantitative estimate of drug-likeness (QED) is 0.816. The number of hydrogen-bond donors (Lipinski definition) is 2. The molecule has 1 amide bonds. The summed E-state index contributed by atoms with van der Waals surface area (Å²) in [5.41, 5.74) is 5.92. The van der Waals surface area contributed by atoms with E-state index in [4.69, 9.17) is 10.5 Å². The highest BCUT2D eigenvalue weighted by molar-refractivity contribution is 5.80. The molecule has 1 heterocycles. The Kier molecular flexibility index (Phi) is 5.28. The maximum Gasteiger partial charge on any atom is 0.225 e. The molecule has 0 radical (unpaired) electrons. The van der Waals surface area contributed by atoms with Crippen molar-refractivity contribution in [3.8, 4) is 0 Å². The van der Waals surface area contributed by atoms with Crippen LogP contribution in [0.5, 0.6) is 0 Å². The monoisotopic (exact) mass is 297 g/mol. The summed E-state index contributed by atoms with van der Waals surface area (Å²) in [6.07, 6.45) is 4.10. The Bertz CT molecular complexity index is 363. The van der Waals surface area contributed by atoms with E-state index in [1.54, 1.807) is 0 Å². The van der Waals surface area contributed by atoms with E-state index in [9.17, 15) is 4.79 Å². The number of morpholine rings is 1. The maximum absolute atomic E-state index is 12.5. The summed E-state index contributed by atoms with van der Waals surface area (Å²) < 4.78 is 5.40. The number of rotatable bonds is 4. The lowest BCUT2D eigenvalue weighted by molar-refractivity contribution is -0.128. The van der Waals surface area contributed by atoms with Crippen LogP contribution in [0.3, 0.4) is 0 Å². The second-order valence-electron chi connectivity index (χ2n) is 7.43. The molecule has 0 aromatic heterocycles. The van der Waals surface area contributed by atoms with Crippen LogP contribution in [0.1, 0.15) is 46.5 Å². The van der Waals surface area contributed by atoms with Crippen LogP contribution in [0, 0.1) is 5.92 Å². The first-order valence-electron chi connectivity index (χ1n) is 8.22. The molecule has 0 spiro atoms. The lowest BCUT2D eigenvalue weighted by Gasteiger charge is -2.42. The van der Waals surface area contributed by atoms with E-state index >= 15 is 0 Å². The molecule has 0 bridgehead atoms. The van der Waals surface area contributed by atoms with Gasteiger partial charge in [-0.2, -0.15) is 0 Å². The lowest BCUT2D eigenvalue weighted by atomic mass is 9.74. The van der Waals surface area contributed by atoms with Crippen molar-refractivity contribution in [2.75, 3.05) is 32.8 Å². The lowest BCUT2D eigenvalue weighted by Crippen LogP contribution is -2.58. The van der Waals surface area contributed by atoms with Gasteiger partial charge in [-0.15, -0.1) is 0 Å². The Morgan fingerprint density at radius 3 is 2.67 bits per heavy atom. The number of nitrogens with one attached hydrogen (secondary N) is 1. The first-order chi connectivity index (χ1) is 9.83. The fourth-order valence-corrected chi connectivity index (χ4v) is 3.50. The summed E-state index contributed by atoms with van der Waals surface area (Å²) in [6.45, 7) is 10.5. The van der Waals surface area contributed by atoms with Crippen molar-refractivity contribution >= 4 is 5.91 Å². The fourth-order valence-electron chi connectivity index (χ4n) is 3.50. The molecule has 1 saturated carbocycles. The molecule has 2 atom stereocenters. The van der Waals surface area contributed by atoms with Crippen molar-refractivity contribution in [2.45, 2.75) is 57.5 Å². The summed E-state index contributed by atoms with van der Waals surface area (Å²) in [7, 11) is 0. The van der Waals surface area contributed by atoms with Gasteiger partial charge in [0.05, 0.1) is 19.1 Å². The normalized spacial score (nSPS) is 31.9. The van der Waals surface area contributed by atoms with Crippen molar-refractivity contribution in [2.24, 2.45) is 11.7 Å². The zero-order valence-electron chi connectivity index (χ0n) is 13.8. The number of nitrogens with two attached hydrogens (primary N) is 1. The van der Waals surface area contributed by atoms with E-state index in [0.717, 1.165) is 52.0 Å². The van der Waals surface area contributed by atoms with E-state index in [1.165, 1.54) is 0 Å². The number of hydrogen-bond acceptors (Lipinski definition) is 4. The minimum atomic E-state index is -0.356. The van der Waals surface area contributed by atoms with Gasteiger partial charge in [-0.1, -0.05) is 12.8 Å². The minimum Gasteiger partial charge on any atom is -0.379 e. The van der Waals surface area contributed by atoms with Crippen LogP contribution >= 0.6 is 0 Å². The average molecular weight is 297 g/mol. The average Bonchev–Trinajstić information content (AvgIpc) is 2.45. The van der Waals surface area contributed by atoms with E-state index in [0.29, 0.717) is 6.54 Å². The Hall–Kier alpha value is -0.650. The molecule has 122 valence electrons. The van der Waals surface area contributed by atoms with Crippen LogP contribution in [0.15, 0.2) is 0 Å². The molecule has 2 fully saturated rings. The minimum absolute atomic E-state index is 0.0426. The van der Waals surface area contributed by atoms with E-state index in [1.807, 2.05) is 6.92 Å². The molecule has 5 nitrogen and oxygen atoms in total. The van der Waals surface area contributed by atoms with Gasteiger partial charge in [0.1, 0.15) is 0 Å². The Morgan fingerprint density at radius 2 is 2.05 bits per heavy atom. The van der Waals surface area contributed by atoms with Crippen molar-refractivity contribution < 1.29 is 9.53 Å². The largest absolute Gasteiger partial charge is 0.379 e. The predicted octanol–water partition coefficient (Wildman–Crippen LogP) is 1.12. The summed E-state index contributed by atoms with van der Waals surface area (Å²) in [5.74, 6) is 0.0766. The Morgan fingerprint density at radius 1 is 1.38 bits per heavy atom. The molecule has 0 aromatic rings. The topological polar surface area (TPSA) is 67.6 Å². The second kappa shape index (κ2) is 6.63. The van der Waals surface area contributed by atoms with Gasteiger partial charge in [0.25, 0.3) is 0 Å². The first kappa shape index (κ1) is 16.7. The number of amides is 1. The van der Waals surface area contributed by atoms with Crippen molar-refractivity contribution in [3.63, 3.8) is 0 Å². The molecule has 0 aromatic carbocycles. The number of carbonyl (C=O) groups excluding carboxylic acids is 1. The van der Waals surface area contributed by atoms with Gasteiger partial charge in [0.15, 0.2) is 0 Å². The van der Waals surface area contributed by atoms with Crippen molar-refractivity contribution in [1.29, 1.82) is 0 Å². The van der Waals surface area contributed by atoms with Crippen LogP contribution < -0.4 is 11.1 Å². The summed E-state index contributed by atoms with van der Waals surface area (Å²) in [5, 5.41) is 3.14. The third kappa shape index (κ3) is 4.18. The third-order valence-corrected chi connectivity index (χ3v) is 5.13. The third-order valence-electron chi connectivity index (χ3n) is 5.13. The van der Waals surface area contributed by atoms with Crippen LogP contribution in [0.25, 0.3) is 0 Å². The fraction of sp³-hybridized carbons (Fsp3) is 0.938. The molecule has 1 aliphatic carbocycles. The summed E-state index contributed by atoms with van der Waals surface area (Å²) >= 11 is 0. The molecular formula is C16H31N3O2. The van der Waals surface area contributed by atoms with Crippen molar-refractivity contribution in [3.05, 3.63) is 0 Å². The molecular weight excluding hydrogens is 266 g/mol. The zero-order valence-corrected chi connectivity index (χ0v) is 13.8. The van der Waals surface area contributed by atoms with Crippen LogP contribution in [0.4, 0.5) is 0 Å². The Balaban J connectivity index is 1.87. The van der Waals surface area contributed by atoms with Gasteiger partial charge < -0.3 is 15.8 Å². The zero-order chi connectivity index (χ0) is 15.5. The van der Waals surface area contributed by atoms with Gasteiger partial charge in [-0.3, -0.25) is 9.69 Å². The summed E-state index contributed by atoms with van der Waals surface area (Å²) in [6, 6.07) is 0. The van der Waals surface area contributed by atoms with Gasteiger partial charge in [0, 0.05) is 30.7 Å². The number of nitrogens with zero attached hydrogens (tertiary/aromatic N) is 1. The standard InChI is InChI=1S/C16H31N3O2/c1-15(2,19-8-10-21-11-9-19)12-18-14(20)13-6-4-5-7-16(13,3)17/h13H,4-12,17H2,1-3H3,(H,18,20). The van der Waals surface area contributed by atoms with Crippen LogP contribution in [-0.2, 0) is 9.53 Å². The maximum atomic E-state index is 12.5. The molecule has 1 saturated heterocycles. The Labute approximate surface area is 128 Å². The molecule has 2 aliphatic rings. The van der Waals surface area contributed by atoms with Crippen LogP contribution in [0.2, 0.25) is 0 Å². The predicted molar refractivity (Wildman–Crippen MR) is 84.0 cm³/mol. The molecule has 2 rings (SSSR count). The molecule has 5 heteroatoms. The van der Waals surface area contributed by atoms with Crippen molar-refractivity contribution in [1.82, 2.24) is 10.2 Å². The molecule has 3 N–H and O–H groups in total. The van der Waals surface area contributed by atoms with Gasteiger partial charge in [0.2, 0.25) is 5.91 Å². The van der Waals surface area contributed by atoms with Gasteiger partial charge in [-0.05, 0) is 33.6 Å². The SMILES string of the molecule is CC1(N)CCCCC1C(=O)NCC(C)(C)N1CCOCC1. The highest BCUT2D eigenvalue weighted by Gasteiger charge is 2.38. The highest BCUT2D eigenvalue weighted by atomic mass is 16.5. The first-order valence-corrected chi connectivity index (χ1v) is 8.22. The molecule has 21 heavy (non-hydrogen) atoms.